The van der Waals surface area contributed by atoms with Gasteiger partial charge in [0, 0.05) is 24.3 Å². The smallest absolute Gasteiger partial charge is 0.262 e. The highest BCUT2D eigenvalue weighted by molar-refractivity contribution is 6.33. The van der Waals surface area contributed by atoms with Crippen LogP contribution in [0.25, 0.3) is 6.08 Å². The minimum absolute atomic E-state index is 0.0773. The molecule has 1 aromatic carbocycles. The van der Waals surface area contributed by atoms with Crippen LogP contribution < -0.4 is 0 Å². The van der Waals surface area contributed by atoms with E-state index in [2.05, 4.69) is 0 Å². The fourth-order valence-electron chi connectivity index (χ4n) is 6.43. The molecule has 1 aliphatic heterocycles. The number of phenolic OH excluding ortho intramolecular Hbond substituents is 1. The summed E-state index contributed by atoms with van der Waals surface area (Å²) in [7, 11) is 1.62. The lowest BCUT2D eigenvalue weighted by Crippen LogP contribution is -2.76. The molecule has 4 aliphatic carbocycles. The topological polar surface area (TPSA) is 71.7 Å². The lowest BCUT2D eigenvalue weighted by molar-refractivity contribution is -0.645. The van der Waals surface area contributed by atoms with E-state index in [1.807, 2.05) is 12.1 Å². The van der Waals surface area contributed by atoms with Crippen molar-refractivity contribution in [2.24, 2.45) is 23.7 Å². The zero-order valence-electron chi connectivity index (χ0n) is 15.2. The third-order valence-electron chi connectivity index (χ3n) is 7.29. The molecule has 1 heterocycles. The van der Waals surface area contributed by atoms with Crippen LogP contribution in [0.5, 0.6) is 5.75 Å². The lowest BCUT2D eigenvalue weighted by atomic mass is 9.47. The first-order valence-electron chi connectivity index (χ1n) is 9.55. The van der Waals surface area contributed by atoms with Crippen LogP contribution in [0.2, 0.25) is 5.02 Å². The van der Waals surface area contributed by atoms with Crippen LogP contribution in [0, 0.1) is 35.0 Å². The van der Waals surface area contributed by atoms with Crippen molar-refractivity contribution in [3.63, 3.8) is 0 Å². The predicted molar refractivity (Wildman–Crippen MR) is 98.4 cm³/mol. The Morgan fingerprint density at radius 2 is 1.85 bits per heavy atom. The van der Waals surface area contributed by atoms with E-state index < -0.39 is 11.4 Å². The maximum absolute atomic E-state index is 10.6. The van der Waals surface area contributed by atoms with Crippen LogP contribution in [0.3, 0.4) is 0 Å². The summed E-state index contributed by atoms with van der Waals surface area (Å²) in [6.07, 6.45) is 8.70. The van der Waals surface area contributed by atoms with E-state index in [1.165, 1.54) is 18.6 Å². The van der Waals surface area contributed by atoms with E-state index in [0.717, 1.165) is 37.5 Å². The van der Waals surface area contributed by atoms with Crippen LogP contribution in [0.4, 0.5) is 0 Å². The van der Waals surface area contributed by atoms with Gasteiger partial charge in [-0.25, -0.2) is 4.89 Å². The van der Waals surface area contributed by atoms with Gasteiger partial charge in [0.15, 0.2) is 5.60 Å². The fourth-order valence-corrected chi connectivity index (χ4v) is 6.72. The number of hydrogen-bond acceptors (Lipinski definition) is 5. The molecular formula is C21H22ClNO4. The van der Waals surface area contributed by atoms with Gasteiger partial charge >= 0.3 is 0 Å². The number of nitrogens with zero attached hydrogens (tertiary/aromatic N) is 1. The van der Waals surface area contributed by atoms with Gasteiger partial charge in [0.25, 0.3) is 5.79 Å². The number of allylic oxidation sites excluding steroid dienone is 1. The van der Waals surface area contributed by atoms with Crippen molar-refractivity contribution in [3.8, 4) is 11.8 Å². The van der Waals surface area contributed by atoms with Crippen molar-refractivity contribution in [2.45, 2.75) is 43.5 Å². The highest BCUT2D eigenvalue weighted by atomic mass is 35.5. The Bertz CT molecular complexity index is 828. The van der Waals surface area contributed by atoms with Crippen LogP contribution in [0.1, 0.15) is 43.2 Å². The van der Waals surface area contributed by atoms with Crippen molar-refractivity contribution < 1.29 is 19.6 Å². The normalized spacial score (nSPS) is 41.8. The number of nitriles is 1. The minimum Gasteiger partial charge on any atom is -0.506 e. The molecule has 27 heavy (non-hydrogen) atoms. The van der Waals surface area contributed by atoms with Gasteiger partial charge in [0.1, 0.15) is 5.75 Å². The first kappa shape index (κ1) is 17.5. The van der Waals surface area contributed by atoms with E-state index in [0.29, 0.717) is 23.0 Å². The number of rotatable bonds is 3. The van der Waals surface area contributed by atoms with Crippen LogP contribution in [0.15, 0.2) is 18.2 Å². The number of ether oxygens (including phenoxy) is 1. The predicted octanol–water partition coefficient (Wildman–Crippen LogP) is 4.54. The highest BCUT2D eigenvalue weighted by Crippen LogP contribution is 2.70. The number of aromatic hydroxyl groups is 1. The van der Waals surface area contributed by atoms with E-state index in [4.69, 9.17) is 31.4 Å². The van der Waals surface area contributed by atoms with Crippen molar-refractivity contribution >= 4 is 17.7 Å². The average Bonchev–Trinajstić information content (AvgIpc) is 2.64. The molecule has 6 heteroatoms. The number of benzene rings is 1. The standard InChI is InChI=1S/C21H22ClNO4/c1-25-21(17-5-4-14(3-2-6-23)19(24)18(17)22)20(26-27-21)15-8-12-7-13(10-15)11-16(20)9-12/h2-5,12-13,15-16,24H,7-11H2,1H3/b3-2+. The molecule has 6 rings (SSSR count). The van der Waals surface area contributed by atoms with Crippen LogP contribution >= 0.6 is 11.6 Å². The summed E-state index contributed by atoms with van der Waals surface area (Å²) in [6, 6.07) is 5.47. The van der Waals surface area contributed by atoms with Crippen molar-refractivity contribution in [2.75, 3.05) is 7.11 Å². The molecule has 1 spiro atoms. The van der Waals surface area contributed by atoms with Gasteiger partial charge in [0.05, 0.1) is 11.1 Å². The molecule has 1 N–H and O–H groups in total. The van der Waals surface area contributed by atoms with Gasteiger partial charge in [0.2, 0.25) is 0 Å². The Morgan fingerprint density at radius 3 is 2.37 bits per heavy atom. The third kappa shape index (κ3) is 2.10. The van der Waals surface area contributed by atoms with E-state index in [9.17, 15) is 5.11 Å². The van der Waals surface area contributed by atoms with Gasteiger partial charge in [-0.2, -0.15) is 10.1 Å². The van der Waals surface area contributed by atoms with Gasteiger partial charge in [-0.1, -0.05) is 23.7 Å². The zero-order chi connectivity index (χ0) is 18.8. The molecular weight excluding hydrogens is 366 g/mol. The molecule has 5 fully saturated rings. The Hall–Kier alpha value is -1.58. The number of halogens is 1. The maximum Gasteiger partial charge on any atom is 0.262 e. The zero-order valence-corrected chi connectivity index (χ0v) is 15.9. The molecule has 1 unspecified atom stereocenters. The number of phenols is 1. The van der Waals surface area contributed by atoms with Crippen LogP contribution in [-0.4, -0.2) is 17.8 Å². The first-order chi connectivity index (χ1) is 13.1. The molecule has 0 radical (unpaired) electrons. The Balaban J connectivity index is 1.60. The van der Waals surface area contributed by atoms with Gasteiger partial charge in [-0.15, -0.1) is 0 Å². The van der Waals surface area contributed by atoms with E-state index in [1.54, 1.807) is 13.2 Å². The van der Waals surface area contributed by atoms with Crippen molar-refractivity contribution in [1.29, 1.82) is 5.26 Å². The highest BCUT2D eigenvalue weighted by Gasteiger charge is 2.77. The summed E-state index contributed by atoms with van der Waals surface area (Å²) in [5.74, 6) is 1.12. The quantitative estimate of drug-likeness (QED) is 0.609. The largest absolute Gasteiger partial charge is 0.506 e. The molecule has 1 aromatic rings. The monoisotopic (exact) mass is 387 g/mol. The second kappa shape index (κ2) is 5.96. The van der Waals surface area contributed by atoms with Gasteiger partial charge in [-0.3, -0.25) is 0 Å². The van der Waals surface area contributed by atoms with E-state index >= 15 is 0 Å². The summed E-state index contributed by atoms with van der Waals surface area (Å²) in [4.78, 5) is 11.6. The summed E-state index contributed by atoms with van der Waals surface area (Å²) < 4.78 is 5.98. The number of hydrogen-bond donors (Lipinski definition) is 1. The molecule has 4 bridgehead atoms. The second-order valence-corrected chi connectivity index (χ2v) is 8.79. The third-order valence-corrected chi connectivity index (χ3v) is 7.67. The molecule has 0 amide bonds. The molecule has 5 nitrogen and oxygen atoms in total. The lowest BCUT2D eigenvalue weighted by Gasteiger charge is -2.68. The van der Waals surface area contributed by atoms with Gasteiger partial charge < -0.3 is 9.84 Å². The number of methoxy groups -OCH3 is 1. The molecule has 1 atom stereocenters. The molecule has 1 saturated heterocycles. The van der Waals surface area contributed by atoms with Gasteiger partial charge in [-0.05, 0) is 61.9 Å². The minimum atomic E-state index is -1.11. The fraction of sp³-hybridized carbons (Fsp3) is 0.571. The van der Waals surface area contributed by atoms with Crippen molar-refractivity contribution in [1.82, 2.24) is 0 Å². The van der Waals surface area contributed by atoms with Crippen molar-refractivity contribution in [3.05, 3.63) is 34.4 Å². The summed E-state index contributed by atoms with van der Waals surface area (Å²) >= 11 is 6.57. The molecule has 142 valence electrons. The van der Waals surface area contributed by atoms with Crippen LogP contribution in [-0.2, 0) is 20.3 Å². The Kier molecular flexibility index (Phi) is 3.86. The van der Waals surface area contributed by atoms with E-state index in [-0.39, 0.29) is 10.8 Å². The summed E-state index contributed by atoms with van der Waals surface area (Å²) in [5, 5.41) is 19.5. The Labute approximate surface area is 163 Å². The maximum atomic E-state index is 10.6. The molecule has 0 aromatic heterocycles. The molecule has 5 aliphatic rings. The second-order valence-electron chi connectivity index (χ2n) is 8.41. The first-order valence-corrected chi connectivity index (χ1v) is 9.93. The SMILES string of the molecule is COC1(c2ccc(/C=C/C#N)c(O)c2Cl)OOC12C1CC3CC(C1)CC2C3. The average molecular weight is 388 g/mol. The summed E-state index contributed by atoms with van der Waals surface area (Å²) in [5.41, 5.74) is 0.530. The molecule has 4 saturated carbocycles. The Morgan fingerprint density at radius 1 is 1.19 bits per heavy atom. The summed E-state index contributed by atoms with van der Waals surface area (Å²) in [6.45, 7) is 0.